The Balaban J connectivity index is 1.51. The van der Waals surface area contributed by atoms with Gasteiger partial charge in [0, 0.05) is 36.7 Å². The molecule has 1 amide bonds. The van der Waals surface area contributed by atoms with E-state index in [4.69, 9.17) is 10.00 Å². The Kier molecular flexibility index (Phi) is 7.05. The molecule has 0 saturated carbocycles. The van der Waals surface area contributed by atoms with Gasteiger partial charge in [0.2, 0.25) is 0 Å². The topological polar surface area (TPSA) is 65.4 Å². The third kappa shape index (κ3) is 5.00. The zero-order chi connectivity index (χ0) is 26.0. The zero-order valence-corrected chi connectivity index (χ0v) is 20.8. The first kappa shape index (κ1) is 25.1. The minimum atomic E-state index is -0.659. The minimum absolute atomic E-state index is 0.0703. The number of rotatable bonds is 6. The first-order valence-corrected chi connectivity index (χ1v) is 12.5. The van der Waals surface area contributed by atoms with Crippen molar-refractivity contribution in [3.8, 4) is 28.3 Å². The van der Waals surface area contributed by atoms with Crippen LogP contribution in [0.2, 0.25) is 0 Å². The molecule has 0 radical (unpaired) electrons. The van der Waals surface area contributed by atoms with Crippen LogP contribution in [-0.2, 0) is 11.2 Å². The van der Waals surface area contributed by atoms with Crippen molar-refractivity contribution in [3.05, 3.63) is 82.9 Å². The van der Waals surface area contributed by atoms with E-state index < -0.39 is 11.6 Å². The Bertz CT molecular complexity index is 1370. The van der Waals surface area contributed by atoms with Gasteiger partial charge in [0.05, 0.1) is 12.2 Å². The fraction of sp³-hybridized carbons (Fsp3) is 0.333. The molecule has 5 nitrogen and oxygen atoms in total. The highest BCUT2D eigenvalue weighted by Gasteiger charge is 2.45. The molecule has 37 heavy (non-hydrogen) atoms. The van der Waals surface area contributed by atoms with E-state index >= 15 is 4.39 Å². The lowest BCUT2D eigenvalue weighted by molar-refractivity contribution is -0.0113. The summed E-state index contributed by atoms with van der Waals surface area (Å²) in [5.41, 5.74) is 3.34. The van der Waals surface area contributed by atoms with Crippen LogP contribution in [0.15, 0.2) is 54.6 Å². The van der Waals surface area contributed by atoms with Crippen LogP contribution in [0, 0.1) is 28.4 Å². The molecule has 1 N–H and O–H groups in total. The molecule has 2 heterocycles. The summed E-state index contributed by atoms with van der Waals surface area (Å²) in [6.07, 6.45) is 2.71. The Hall–Kier alpha value is -3.60. The molecule has 0 aromatic heterocycles. The van der Waals surface area contributed by atoms with E-state index in [0.717, 1.165) is 44.6 Å². The van der Waals surface area contributed by atoms with Crippen molar-refractivity contribution in [2.75, 3.05) is 39.9 Å². The van der Waals surface area contributed by atoms with Gasteiger partial charge in [-0.1, -0.05) is 24.3 Å². The average molecular weight is 502 g/mol. The van der Waals surface area contributed by atoms with Gasteiger partial charge in [-0.2, -0.15) is 5.26 Å². The number of carbonyl (C=O) groups excluding carboxylic acids is 1. The third-order valence-corrected chi connectivity index (χ3v) is 7.59. The molecule has 2 aliphatic heterocycles. The molecule has 3 aromatic rings. The van der Waals surface area contributed by atoms with Crippen LogP contribution < -0.4 is 5.32 Å². The molecule has 2 fully saturated rings. The standard InChI is InChI=1S/C30H29F2N3O2/c1-37-13-8-20-2-6-25(28(32)14-20)24-7-5-22(15-26(24)21-3-4-23(17-33)27(31)16-21)29(36)35-18-30(19-35)9-11-34-12-10-30/h2-7,14-16,34H,8-13,18-19H2,1H3. The fourth-order valence-electron chi connectivity index (χ4n) is 5.44. The van der Waals surface area contributed by atoms with Gasteiger partial charge in [-0.3, -0.25) is 4.79 Å². The summed E-state index contributed by atoms with van der Waals surface area (Å²) in [6, 6.07) is 16.3. The van der Waals surface area contributed by atoms with Gasteiger partial charge in [0.25, 0.3) is 5.91 Å². The summed E-state index contributed by atoms with van der Waals surface area (Å²) in [4.78, 5) is 15.2. The van der Waals surface area contributed by atoms with Crippen LogP contribution in [0.4, 0.5) is 8.78 Å². The molecule has 0 atom stereocenters. The number of nitriles is 1. The normalized spacial score (nSPS) is 16.3. The predicted molar refractivity (Wildman–Crippen MR) is 138 cm³/mol. The summed E-state index contributed by atoms with van der Waals surface area (Å²) in [6.45, 7) is 3.89. The summed E-state index contributed by atoms with van der Waals surface area (Å²) in [7, 11) is 1.60. The number of piperidine rings is 1. The first-order chi connectivity index (χ1) is 17.9. The van der Waals surface area contributed by atoms with E-state index in [1.807, 2.05) is 17.0 Å². The number of nitrogens with one attached hydrogen (secondary N) is 1. The highest BCUT2D eigenvalue weighted by molar-refractivity contribution is 5.98. The molecule has 3 aromatic carbocycles. The van der Waals surface area contributed by atoms with E-state index in [-0.39, 0.29) is 16.9 Å². The van der Waals surface area contributed by atoms with Crippen LogP contribution in [-0.4, -0.2) is 50.7 Å². The lowest BCUT2D eigenvalue weighted by Gasteiger charge is -2.52. The second kappa shape index (κ2) is 10.4. The van der Waals surface area contributed by atoms with Crippen LogP contribution in [0.3, 0.4) is 0 Å². The van der Waals surface area contributed by atoms with Gasteiger partial charge in [-0.05, 0) is 84.9 Å². The number of carbonyl (C=O) groups is 1. The van der Waals surface area contributed by atoms with Crippen molar-refractivity contribution in [3.63, 3.8) is 0 Å². The van der Waals surface area contributed by atoms with Crippen molar-refractivity contribution in [1.29, 1.82) is 5.26 Å². The maximum absolute atomic E-state index is 15.3. The smallest absolute Gasteiger partial charge is 0.253 e. The third-order valence-electron chi connectivity index (χ3n) is 7.59. The number of likely N-dealkylation sites (tertiary alicyclic amines) is 1. The molecule has 0 bridgehead atoms. The van der Waals surface area contributed by atoms with E-state index in [1.54, 1.807) is 37.4 Å². The number of halogens is 2. The van der Waals surface area contributed by atoms with Crippen molar-refractivity contribution in [2.45, 2.75) is 19.3 Å². The maximum atomic E-state index is 15.3. The Labute approximate surface area is 215 Å². The molecule has 7 heteroatoms. The number of amides is 1. The van der Waals surface area contributed by atoms with Crippen molar-refractivity contribution in [2.24, 2.45) is 5.41 Å². The zero-order valence-electron chi connectivity index (χ0n) is 20.8. The lowest BCUT2D eigenvalue weighted by atomic mass is 9.72. The predicted octanol–water partition coefficient (Wildman–Crippen LogP) is 5.18. The van der Waals surface area contributed by atoms with Gasteiger partial charge in [-0.25, -0.2) is 8.78 Å². The lowest BCUT2D eigenvalue weighted by Crippen LogP contribution is -2.61. The first-order valence-electron chi connectivity index (χ1n) is 12.5. The van der Waals surface area contributed by atoms with Gasteiger partial charge in [0.15, 0.2) is 0 Å². The molecule has 2 saturated heterocycles. The largest absolute Gasteiger partial charge is 0.384 e. The van der Waals surface area contributed by atoms with Gasteiger partial charge in [-0.15, -0.1) is 0 Å². The minimum Gasteiger partial charge on any atom is -0.384 e. The summed E-state index contributed by atoms with van der Waals surface area (Å²) >= 11 is 0. The number of benzene rings is 3. The van der Waals surface area contributed by atoms with Gasteiger partial charge in [0.1, 0.15) is 17.7 Å². The summed E-state index contributed by atoms with van der Waals surface area (Å²) < 4.78 is 35.0. The van der Waals surface area contributed by atoms with Crippen molar-refractivity contribution in [1.82, 2.24) is 10.2 Å². The molecule has 0 aliphatic carbocycles. The van der Waals surface area contributed by atoms with Crippen LogP contribution in [0.1, 0.15) is 34.3 Å². The highest BCUT2D eigenvalue weighted by atomic mass is 19.1. The van der Waals surface area contributed by atoms with E-state index in [9.17, 15) is 9.18 Å². The monoisotopic (exact) mass is 501 g/mol. The van der Waals surface area contributed by atoms with Gasteiger partial charge >= 0.3 is 0 Å². The quantitative estimate of drug-likeness (QED) is 0.505. The van der Waals surface area contributed by atoms with E-state index in [1.165, 1.54) is 18.2 Å². The molecule has 2 aliphatic rings. The second-order valence-corrected chi connectivity index (χ2v) is 10.0. The Morgan fingerprint density at radius 3 is 2.43 bits per heavy atom. The highest BCUT2D eigenvalue weighted by Crippen LogP contribution is 2.40. The summed E-state index contributed by atoms with van der Waals surface area (Å²) in [5.74, 6) is -1.14. The number of hydrogen-bond acceptors (Lipinski definition) is 4. The molecular weight excluding hydrogens is 472 g/mol. The molecule has 0 unspecified atom stereocenters. The molecule has 5 rings (SSSR count). The van der Waals surface area contributed by atoms with Gasteiger partial charge < -0.3 is 15.0 Å². The molecular formula is C30H29F2N3O2. The van der Waals surface area contributed by atoms with Crippen LogP contribution in [0.5, 0.6) is 0 Å². The van der Waals surface area contributed by atoms with E-state index in [2.05, 4.69) is 5.32 Å². The fourth-order valence-corrected chi connectivity index (χ4v) is 5.44. The number of nitrogens with zero attached hydrogens (tertiary/aromatic N) is 2. The SMILES string of the molecule is COCCc1ccc(-c2ccc(C(=O)N3CC4(CCNCC4)C3)cc2-c2ccc(C#N)c(F)c2)c(F)c1. The number of hydrogen-bond donors (Lipinski definition) is 1. The van der Waals surface area contributed by atoms with Crippen molar-refractivity contribution < 1.29 is 18.3 Å². The average Bonchev–Trinajstić information content (AvgIpc) is 2.90. The molecule has 1 spiro atoms. The number of methoxy groups -OCH3 is 1. The van der Waals surface area contributed by atoms with Crippen LogP contribution in [0.25, 0.3) is 22.3 Å². The Morgan fingerprint density at radius 2 is 1.76 bits per heavy atom. The number of ether oxygens (including phenoxy) is 1. The summed E-state index contributed by atoms with van der Waals surface area (Å²) in [5, 5.41) is 12.5. The maximum Gasteiger partial charge on any atom is 0.253 e. The van der Waals surface area contributed by atoms with E-state index in [0.29, 0.717) is 40.8 Å². The second-order valence-electron chi connectivity index (χ2n) is 10.0. The Morgan fingerprint density at radius 1 is 1.00 bits per heavy atom. The molecule has 190 valence electrons. The van der Waals surface area contributed by atoms with Crippen LogP contribution >= 0.6 is 0 Å². The van der Waals surface area contributed by atoms with Crippen molar-refractivity contribution >= 4 is 5.91 Å².